The highest BCUT2D eigenvalue weighted by atomic mass is 28.4. The molecule has 0 spiro atoms. The smallest absolute Gasteiger partial charge is 0.250 e. The van der Waals surface area contributed by atoms with Gasteiger partial charge in [-0.15, -0.1) is 0 Å². The molecule has 2 saturated carbocycles. The van der Waals surface area contributed by atoms with Gasteiger partial charge in [0.25, 0.3) is 8.32 Å². The van der Waals surface area contributed by atoms with E-state index in [0.717, 1.165) is 25.0 Å². The number of hydrogen-bond donors (Lipinski definition) is 0. The molecule has 0 saturated heterocycles. The molecule has 3 rings (SSSR count). The molecule has 2 aliphatic rings. The lowest BCUT2D eigenvalue weighted by molar-refractivity contribution is -0.129. The molecule has 0 aromatic heterocycles. The number of Topliss-reactive ketones (excluding diaryl/α,β-unsaturated/α-hetero) is 1. The molecule has 160 valence electrons. The van der Waals surface area contributed by atoms with Crippen molar-refractivity contribution in [3.8, 4) is 5.75 Å². The zero-order valence-electron chi connectivity index (χ0n) is 19.5. The van der Waals surface area contributed by atoms with Gasteiger partial charge in [0.05, 0.1) is 0 Å². The second kappa shape index (κ2) is 8.06. The van der Waals surface area contributed by atoms with E-state index in [0.29, 0.717) is 23.5 Å². The Labute approximate surface area is 179 Å². The van der Waals surface area contributed by atoms with E-state index in [1.807, 2.05) is 0 Å². The lowest BCUT2D eigenvalue weighted by Crippen LogP contribution is -2.44. The van der Waals surface area contributed by atoms with Gasteiger partial charge in [0.15, 0.2) is 0 Å². The molecule has 2 aliphatic carbocycles. The summed E-state index contributed by atoms with van der Waals surface area (Å²) < 4.78 is 6.62. The van der Waals surface area contributed by atoms with Crippen LogP contribution in [0.1, 0.15) is 72.3 Å². The molecular formula is C26H40O2Si. The molecule has 0 N–H and O–H groups in total. The van der Waals surface area contributed by atoms with Crippen molar-refractivity contribution in [3.05, 3.63) is 35.9 Å². The number of allylic oxidation sites excluding steroid dienone is 1. The Kier molecular flexibility index (Phi) is 6.20. The minimum Gasteiger partial charge on any atom is -0.543 e. The predicted octanol–water partition coefficient (Wildman–Crippen LogP) is 7.51. The Morgan fingerprint density at radius 1 is 1.21 bits per heavy atom. The molecule has 2 unspecified atom stereocenters. The molecule has 1 aromatic rings. The average Bonchev–Trinajstić information content (AvgIpc) is 2.98. The number of para-hydroxylation sites is 1. The van der Waals surface area contributed by atoms with Crippen LogP contribution in [-0.2, 0) is 4.79 Å². The van der Waals surface area contributed by atoms with E-state index in [4.69, 9.17) is 4.43 Å². The molecule has 0 bridgehead atoms. The van der Waals surface area contributed by atoms with Gasteiger partial charge < -0.3 is 4.43 Å². The second-order valence-corrected chi connectivity index (χ2v) is 15.9. The molecule has 1 aromatic carbocycles. The second-order valence-electron chi connectivity index (χ2n) is 11.2. The van der Waals surface area contributed by atoms with Gasteiger partial charge in [0.1, 0.15) is 11.5 Å². The molecule has 0 aliphatic heterocycles. The molecule has 0 amide bonds. The SMILES string of the molecule is C[C@H](C=Cc1ccccc1O[Si](C)(C)C(C)(C)C)C1CCC2C(=O)CCC[C@@]21C. The first kappa shape index (κ1) is 22.3. The molecule has 0 radical (unpaired) electrons. The third-order valence-electron chi connectivity index (χ3n) is 8.24. The van der Waals surface area contributed by atoms with Gasteiger partial charge in [-0.25, -0.2) is 0 Å². The summed E-state index contributed by atoms with van der Waals surface area (Å²) in [4.78, 5) is 12.5. The van der Waals surface area contributed by atoms with E-state index in [9.17, 15) is 4.79 Å². The van der Waals surface area contributed by atoms with Crippen molar-refractivity contribution in [1.82, 2.24) is 0 Å². The fourth-order valence-electron chi connectivity index (χ4n) is 5.36. The van der Waals surface area contributed by atoms with E-state index in [1.165, 1.54) is 18.4 Å². The average molecular weight is 413 g/mol. The molecular weight excluding hydrogens is 372 g/mol. The van der Waals surface area contributed by atoms with E-state index in [1.54, 1.807) is 0 Å². The van der Waals surface area contributed by atoms with Gasteiger partial charge >= 0.3 is 0 Å². The summed E-state index contributed by atoms with van der Waals surface area (Å²) in [6.45, 7) is 16.2. The van der Waals surface area contributed by atoms with Crippen LogP contribution in [0.4, 0.5) is 0 Å². The molecule has 3 heteroatoms. The zero-order chi connectivity index (χ0) is 21.4. The summed E-state index contributed by atoms with van der Waals surface area (Å²) in [6.07, 6.45) is 9.97. The Hall–Kier alpha value is -1.35. The van der Waals surface area contributed by atoms with Crippen molar-refractivity contribution in [2.45, 2.75) is 84.9 Å². The molecule has 2 fully saturated rings. The number of ketones is 1. The van der Waals surface area contributed by atoms with Crippen molar-refractivity contribution >= 4 is 20.2 Å². The quantitative estimate of drug-likeness (QED) is 0.468. The first-order valence-electron chi connectivity index (χ1n) is 11.4. The van der Waals surface area contributed by atoms with Crippen LogP contribution < -0.4 is 4.43 Å². The minimum atomic E-state index is -1.87. The highest BCUT2D eigenvalue weighted by molar-refractivity contribution is 6.74. The van der Waals surface area contributed by atoms with Crippen molar-refractivity contribution in [2.75, 3.05) is 0 Å². The van der Waals surface area contributed by atoms with Gasteiger partial charge in [0, 0.05) is 17.9 Å². The predicted molar refractivity (Wildman–Crippen MR) is 126 cm³/mol. The molecule has 0 heterocycles. The molecule has 2 nitrogen and oxygen atoms in total. The first-order valence-corrected chi connectivity index (χ1v) is 14.4. The van der Waals surface area contributed by atoms with Crippen LogP contribution in [-0.4, -0.2) is 14.1 Å². The van der Waals surface area contributed by atoms with Gasteiger partial charge in [-0.2, -0.15) is 0 Å². The number of carbonyl (C=O) groups excluding carboxylic acids is 1. The van der Waals surface area contributed by atoms with Crippen molar-refractivity contribution in [2.24, 2.45) is 23.2 Å². The van der Waals surface area contributed by atoms with Crippen LogP contribution in [0.2, 0.25) is 18.1 Å². The fraction of sp³-hybridized carbons (Fsp3) is 0.654. The highest BCUT2D eigenvalue weighted by Gasteiger charge is 2.52. The van der Waals surface area contributed by atoms with Gasteiger partial charge in [-0.05, 0) is 67.1 Å². The molecule has 4 atom stereocenters. The third-order valence-corrected chi connectivity index (χ3v) is 12.6. The van der Waals surface area contributed by atoms with E-state index in [2.05, 4.69) is 84.1 Å². The van der Waals surface area contributed by atoms with Crippen LogP contribution in [0.15, 0.2) is 30.3 Å². The summed E-state index contributed by atoms with van der Waals surface area (Å²) in [5, 5.41) is 0.179. The van der Waals surface area contributed by atoms with Crippen molar-refractivity contribution < 1.29 is 9.22 Å². The Morgan fingerprint density at radius 3 is 2.59 bits per heavy atom. The van der Waals surface area contributed by atoms with E-state index < -0.39 is 8.32 Å². The summed E-state index contributed by atoms with van der Waals surface area (Å²) in [7, 11) is -1.87. The maximum atomic E-state index is 12.5. The third kappa shape index (κ3) is 4.40. The monoisotopic (exact) mass is 412 g/mol. The van der Waals surface area contributed by atoms with Crippen LogP contribution >= 0.6 is 0 Å². The normalized spacial score (nSPS) is 29.1. The number of rotatable bonds is 5. The summed E-state index contributed by atoms with van der Waals surface area (Å²) in [5.41, 5.74) is 1.36. The first-order chi connectivity index (χ1) is 13.5. The maximum Gasteiger partial charge on any atom is 0.250 e. The standard InChI is InChI=1S/C26H40O2Si/c1-19(21-16-17-22-23(27)12-10-18-26(21,22)5)14-15-20-11-8-9-13-24(20)28-29(6,7)25(2,3)4/h8-9,11,13-15,19,21-22H,10,12,16-18H2,1-7H3/t19-,21?,22?,26-/m1/s1. The Morgan fingerprint density at radius 2 is 1.90 bits per heavy atom. The van der Waals surface area contributed by atoms with Crippen LogP contribution in [0, 0.1) is 23.2 Å². The zero-order valence-corrected chi connectivity index (χ0v) is 20.5. The van der Waals surface area contributed by atoms with E-state index >= 15 is 0 Å². The maximum absolute atomic E-state index is 12.5. The largest absolute Gasteiger partial charge is 0.543 e. The highest BCUT2D eigenvalue weighted by Crippen LogP contribution is 2.56. The van der Waals surface area contributed by atoms with Crippen molar-refractivity contribution in [1.29, 1.82) is 0 Å². The van der Waals surface area contributed by atoms with Crippen molar-refractivity contribution in [3.63, 3.8) is 0 Å². The van der Waals surface area contributed by atoms with Crippen LogP contribution in [0.5, 0.6) is 5.75 Å². The topological polar surface area (TPSA) is 26.3 Å². The number of fused-ring (bicyclic) bond motifs is 1. The number of hydrogen-bond acceptors (Lipinski definition) is 2. The Balaban J connectivity index is 1.78. The van der Waals surface area contributed by atoms with Crippen LogP contribution in [0.25, 0.3) is 6.08 Å². The number of carbonyl (C=O) groups is 1. The van der Waals surface area contributed by atoms with E-state index in [-0.39, 0.29) is 10.5 Å². The van der Waals surface area contributed by atoms with Gasteiger partial charge in [-0.3, -0.25) is 4.79 Å². The summed E-state index contributed by atoms with van der Waals surface area (Å²) >= 11 is 0. The fourth-order valence-corrected chi connectivity index (χ4v) is 6.40. The lowest BCUT2D eigenvalue weighted by Gasteiger charge is -2.41. The molecule has 29 heavy (non-hydrogen) atoms. The summed E-state index contributed by atoms with van der Waals surface area (Å²) in [5.74, 6) is 2.89. The minimum absolute atomic E-state index is 0.179. The Bertz CT molecular complexity index is 773. The van der Waals surface area contributed by atoms with Crippen LogP contribution in [0.3, 0.4) is 0 Å². The number of benzene rings is 1. The lowest BCUT2D eigenvalue weighted by atomic mass is 9.62. The summed E-state index contributed by atoms with van der Waals surface area (Å²) in [6, 6.07) is 8.43. The van der Waals surface area contributed by atoms with Gasteiger partial charge in [-0.1, -0.05) is 65.0 Å². The van der Waals surface area contributed by atoms with Gasteiger partial charge in [0.2, 0.25) is 0 Å².